The lowest BCUT2D eigenvalue weighted by molar-refractivity contribution is -0.134. The van der Waals surface area contributed by atoms with Crippen LogP contribution in [0.25, 0.3) is 0 Å². The first-order valence-corrected chi connectivity index (χ1v) is 9.60. The van der Waals surface area contributed by atoms with E-state index in [0.717, 1.165) is 18.1 Å². The summed E-state index contributed by atoms with van der Waals surface area (Å²) in [7, 11) is 0. The van der Waals surface area contributed by atoms with Gasteiger partial charge in [-0.3, -0.25) is 9.69 Å². The fraction of sp³-hybridized carbons (Fsp3) is 0.381. The van der Waals surface area contributed by atoms with Gasteiger partial charge in [-0.25, -0.2) is 8.78 Å². The van der Waals surface area contributed by atoms with Gasteiger partial charge in [-0.1, -0.05) is 35.9 Å². The Hall–Kier alpha value is -1.98. The quantitative estimate of drug-likeness (QED) is 0.785. The fourth-order valence-corrected chi connectivity index (χ4v) is 3.94. The third-order valence-corrected chi connectivity index (χ3v) is 5.77. The molecule has 0 spiro atoms. The summed E-state index contributed by atoms with van der Waals surface area (Å²) in [5.74, 6) is -1.05. The van der Waals surface area contributed by atoms with Crippen LogP contribution in [0.3, 0.4) is 0 Å². The molecule has 0 bridgehead atoms. The molecule has 1 saturated carbocycles. The minimum absolute atomic E-state index is 0.0541. The van der Waals surface area contributed by atoms with E-state index in [1.54, 1.807) is 6.07 Å². The van der Waals surface area contributed by atoms with Crippen LogP contribution in [0, 0.1) is 17.6 Å². The summed E-state index contributed by atoms with van der Waals surface area (Å²) in [6, 6.07) is 12.0. The van der Waals surface area contributed by atoms with Crippen LogP contribution in [-0.2, 0) is 11.3 Å². The van der Waals surface area contributed by atoms with Gasteiger partial charge in [-0.05, 0) is 36.1 Å². The molecule has 2 fully saturated rings. The predicted molar refractivity (Wildman–Crippen MR) is 101 cm³/mol. The second-order valence-electron chi connectivity index (χ2n) is 7.31. The Kier molecular flexibility index (Phi) is 5.15. The Morgan fingerprint density at radius 1 is 1.04 bits per heavy atom. The first-order valence-electron chi connectivity index (χ1n) is 9.22. The topological polar surface area (TPSA) is 23.6 Å². The number of rotatable bonds is 4. The number of nitrogens with zero attached hydrogens (tertiary/aromatic N) is 2. The van der Waals surface area contributed by atoms with E-state index in [1.165, 1.54) is 6.07 Å². The Labute approximate surface area is 162 Å². The van der Waals surface area contributed by atoms with Crippen molar-refractivity contribution in [3.63, 3.8) is 0 Å². The van der Waals surface area contributed by atoms with Crippen LogP contribution in [0.2, 0.25) is 5.02 Å². The fourth-order valence-electron chi connectivity index (χ4n) is 3.82. The summed E-state index contributed by atoms with van der Waals surface area (Å²) in [5.41, 5.74) is 1.53. The number of piperazine rings is 1. The summed E-state index contributed by atoms with van der Waals surface area (Å²) >= 11 is 5.92. The number of hydrogen-bond donors (Lipinski definition) is 0. The van der Waals surface area contributed by atoms with Gasteiger partial charge in [-0.2, -0.15) is 0 Å². The van der Waals surface area contributed by atoms with Gasteiger partial charge in [0.1, 0.15) is 0 Å². The Balaban J connectivity index is 1.30. The second-order valence-corrected chi connectivity index (χ2v) is 7.75. The van der Waals surface area contributed by atoms with Gasteiger partial charge in [0.2, 0.25) is 5.91 Å². The Bertz CT molecular complexity index is 835. The molecule has 1 saturated heterocycles. The van der Waals surface area contributed by atoms with Crippen LogP contribution in [0.15, 0.2) is 42.5 Å². The molecule has 2 atom stereocenters. The van der Waals surface area contributed by atoms with Gasteiger partial charge in [0, 0.05) is 49.2 Å². The van der Waals surface area contributed by atoms with E-state index in [4.69, 9.17) is 11.6 Å². The van der Waals surface area contributed by atoms with Gasteiger partial charge in [0.15, 0.2) is 11.6 Å². The average Bonchev–Trinajstić information content (AvgIpc) is 3.47. The van der Waals surface area contributed by atoms with Gasteiger partial charge in [0.25, 0.3) is 0 Å². The van der Waals surface area contributed by atoms with Gasteiger partial charge in [-0.15, -0.1) is 0 Å². The molecule has 0 aromatic heterocycles. The van der Waals surface area contributed by atoms with E-state index in [2.05, 4.69) is 4.90 Å². The molecule has 2 aliphatic rings. The average molecular weight is 391 g/mol. The van der Waals surface area contributed by atoms with E-state index in [-0.39, 0.29) is 17.7 Å². The molecule has 6 heteroatoms. The highest BCUT2D eigenvalue weighted by molar-refractivity contribution is 6.30. The molecule has 2 aromatic carbocycles. The van der Waals surface area contributed by atoms with Crippen molar-refractivity contribution in [2.75, 3.05) is 26.2 Å². The summed E-state index contributed by atoms with van der Waals surface area (Å²) in [6.07, 6.45) is 0.884. The van der Waals surface area contributed by atoms with Crippen molar-refractivity contribution >= 4 is 17.5 Å². The normalized spacial score (nSPS) is 22.7. The number of benzene rings is 2. The molecule has 3 nitrogen and oxygen atoms in total. The number of amides is 1. The van der Waals surface area contributed by atoms with Crippen LogP contribution in [-0.4, -0.2) is 41.9 Å². The molecule has 2 aromatic rings. The Morgan fingerprint density at radius 3 is 2.44 bits per heavy atom. The molecule has 142 valence electrons. The second kappa shape index (κ2) is 7.56. The van der Waals surface area contributed by atoms with E-state index < -0.39 is 11.6 Å². The zero-order valence-electron chi connectivity index (χ0n) is 14.9. The highest BCUT2D eigenvalue weighted by Gasteiger charge is 2.46. The number of halogens is 3. The number of carbonyl (C=O) groups excluding carboxylic acids is 1. The minimum Gasteiger partial charge on any atom is -0.340 e. The maximum Gasteiger partial charge on any atom is 0.226 e. The SMILES string of the molecule is O=C(C1CC1c1ccc(Cl)cc1)N1CCN(Cc2cccc(F)c2F)CC1. The lowest BCUT2D eigenvalue weighted by Gasteiger charge is -2.35. The predicted octanol–water partition coefficient (Wildman–Crippen LogP) is 4.07. The van der Waals surface area contributed by atoms with Gasteiger partial charge in [0.05, 0.1) is 0 Å². The lowest BCUT2D eigenvalue weighted by Crippen LogP contribution is -2.49. The van der Waals surface area contributed by atoms with Gasteiger partial charge >= 0.3 is 0 Å². The highest BCUT2D eigenvalue weighted by Crippen LogP contribution is 2.48. The number of hydrogen-bond acceptors (Lipinski definition) is 2. The molecule has 4 rings (SSSR count). The first-order chi connectivity index (χ1) is 13.0. The van der Waals surface area contributed by atoms with Crippen LogP contribution < -0.4 is 0 Å². The minimum atomic E-state index is -0.816. The smallest absolute Gasteiger partial charge is 0.226 e. The van der Waals surface area contributed by atoms with Crippen molar-refractivity contribution in [1.29, 1.82) is 0 Å². The van der Waals surface area contributed by atoms with Crippen molar-refractivity contribution in [2.45, 2.75) is 18.9 Å². The standard InChI is InChI=1S/C21H21ClF2N2O/c22-16-6-4-14(5-7-16)17-12-18(17)21(27)26-10-8-25(9-11-26)13-15-2-1-3-19(23)20(15)24/h1-7,17-18H,8-13H2. The van der Waals surface area contributed by atoms with Crippen molar-refractivity contribution in [1.82, 2.24) is 9.80 Å². The molecule has 0 radical (unpaired) electrons. The molecule has 27 heavy (non-hydrogen) atoms. The van der Waals surface area contributed by atoms with Gasteiger partial charge < -0.3 is 4.90 Å². The molecule has 1 amide bonds. The van der Waals surface area contributed by atoms with Crippen LogP contribution in [0.1, 0.15) is 23.5 Å². The summed E-state index contributed by atoms with van der Waals surface area (Å²) in [4.78, 5) is 16.7. The molecular formula is C21H21ClF2N2O. The van der Waals surface area contributed by atoms with Crippen LogP contribution >= 0.6 is 11.6 Å². The maximum atomic E-state index is 13.8. The molecule has 1 heterocycles. The lowest BCUT2D eigenvalue weighted by atomic mass is 10.1. The monoisotopic (exact) mass is 390 g/mol. The van der Waals surface area contributed by atoms with E-state index in [0.29, 0.717) is 43.3 Å². The molecule has 1 aliphatic heterocycles. The maximum absolute atomic E-state index is 13.8. The van der Waals surface area contributed by atoms with Crippen molar-refractivity contribution in [2.24, 2.45) is 5.92 Å². The van der Waals surface area contributed by atoms with Crippen molar-refractivity contribution < 1.29 is 13.6 Å². The van der Waals surface area contributed by atoms with Crippen LogP contribution in [0.5, 0.6) is 0 Å². The highest BCUT2D eigenvalue weighted by atomic mass is 35.5. The summed E-state index contributed by atoms with van der Waals surface area (Å²) < 4.78 is 27.2. The third kappa shape index (κ3) is 3.99. The molecule has 2 unspecified atom stereocenters. The first kappa shape index (κ1) is 18.4. The van der Waals surface area contributed by atoms with E-state index in [9.17, 15) is 13.6 Å². The summed E-state index contributed by atoms with van der Waals surface area (Å²) in [5, 5.41) is 0.702. The summed E-state index contributed by atoms with van der Waals surface area (Å²) in [6.45, 7) is 2.95. The molecule has 0 N–H and O–H groups in total. The van der Waals surface area contributed by atoms with Crippen molar-refractivity contribution in [3.05, 3.63) is 70.2 Å². The van der Waals surface area contributed by atoms with E-state index in [1.807, 2.05) is 29.2 Å². The number of carbonyl (C=O) groups is 1. The zero-order valence-corrected chi connectivity index (χ0v) is 15.6. The van der Waals surface area contributed by atoms with E-state index >= 15 is 0 Å². The zero-order chi connectivity index (χ0) is 19.0. The Morgan fingerprint density at radius 2 is 1.74 bits per heavy atom. The third-order valence-electron chi connectivity index (χ3n) is 5.52. The van der Waals surface area contributed by atoms with Crippen molar-refractivity contribution in [3.8, 4) is 0 Å². The van der Waals surface area contributed by atoms with Crippen LogP contribution in [0.4, 0.5) is 8.78 Å². The molecule has 1 aliphatic carbocycles. The molecular weight excluding hydrogens is 370 g/mol. The largest absolute Gasteiger partial charge is 0.340 e.